The number of ether oxygens (including phenoxy) is 2. The lowest BCUT2D eigenvalue weighted by atomic mass is 10.2. The van der Waals surface area contributed by atoms with Crippen LogP contribution in [0.1, 0.15) is 21.8 Å². The Labute approximate surface area is 171 Å². The number of esters is 1. The molecule has 1 aromatic heterocycles. The van der Waals surface area contributed by atoms with E-state index in [9.17, 15) is 9.59 Å². The molecule has 0 aliphatic rings. The van der Waals surface area contributed by atoms with Gasteiger partial charge in [-0.3, -0.25) is 4.79 Å². The van der Waals surface area contributed by atoms with Crippen molar-refractivity contribution < 1.29 is 23.5 Å². The fourth-order valence-electron chi connectivity index (χ4n) is 2.37. The molecule has 150 valence electrons. The second kappa shape index (κ2) is 9.74. The van der Waals surface area contributed by atoms with E-state index in [1.165, 1.54) is 7.11 Å². The molecule has 0 fully saturated rings. The van der Waals surface area contributed by atoms with Gasteiger partial charge in [-0.15, -0.1) is 10.2 Å². The molecule has 1 N–H and O–H groups in total. The number of nitrogens with zero attached hydrogens (tertiary/aromatic N) is 2. The van der Waals surface area contributed by atoms with Crippen LogP contribution in [0.3, 0.4) is 0 Å². The number of methoxy groups -OCH3 is 1. The van der Waals surface area contributed by atoms with Crippen molar-refractivity contribution >= 4 is 29.3 Å². The van der Waals surface area contributed by atoms with Gasteiger partial charge in [0.15, 0.2) is 6.61 Å². The Morgan fingerprint density at radius 2 is 1.97 bits per heavy atom. The normalized spacial score (nSPS) is 10.4. The highest BCUT2D eigenvalue weighted by Crippen LogP contribution is 2.19. The molecule has 0 unspecified atom stereocenters. The first kappa shape index (κ1) is 20.4. The molecule has 29 heavy (non-hydrogen) atoms. The van der Waals surface area contributed by atoms with E-state index in [4.69, 9.17) is 9.15 Å². The van der Waals surface area contributed by atoms with E-state index >= 15 is 0 Å². The number of rotatable bonds is 8. The number of hydrogen-bond donors (Lipinski definition) is 1. The maximum absolute atomic E-state index is 12.1. The Bertz CT molecular complexity index is 1010. The van der Waals surface area contributed by atoms with E-state index < -0.39 is 5.97 Å². The number of anilines is 1. The molecule has 0 aliphatic heterocycles. The number of hydrogen-bond acceptors (Lipinski definition) is 8. The van der Waals surface area contributed by atoms with Gasteiger partial charge in [0.2, 0.25) is 5.91 Å². The maximum atomic E-state index is 12.1. The highest BCUT2D eigenvalue weighted by atomic mass is 32.2. The first-order chi connectivity index (χ1) is 14.0. The number of nitrogens with one attached hydrogen (secondary N) is 1. The third-order valence-corrected chi connectivity index (χ3v) is 4.51. The summed E-state index contributed by atoms with van der Waals surface area (Å²) in [5.74, 6) is 0.365. The standard InChI is InChI=1S/C20H19N3O5S/c1-13-5-3-8-16(9-13)27-11-18-22-23-20(28-18)29-12-17(24)21-15-7-4-6-14(10-15)19(25)26-2/h3-10H,11-12H2,1-2H3,(H,21,24). The van der Waals surface area contributed by atoms with Gasteiger partial charge >= 0.3 is 5.97 Å². The summed E-state index contributed by atoms with van der Waals surface area (Å²) in [6.07, 6.45) is 0. The van der Waals surface area contributed by atoms with Crippen LogP contribution in [0.25, 0.3) is 0 Å². The van der Waals surface area contributed by atoms with Gasteiger partial charge in [-0.05, 0) is 42.8 Å². The van der Waals surface area contributed by atoms with Gasteiger partial charge in [0, 0.05) is 5.69 Å². The number of amides is 1. The number of aryl methyl sites for hydroxylation is 1. The van der Waals surface area contributed by atoms with Crippen molar-refractivity contribution in [3.63, 3.8) is 0 Å². The monoisotopic (exact) mass is 413 g/mol. The second-order valence-corrected chi connectivity index (χ2v) is 6.90. The molecule has 2 aromatic carbocycles. The Morgan fingerprint density at radius 1 is 1.14 bits per heavy atom. The fourth-order valence-corrected chi connectivity index (χ4v) is 2.95. The minimum atomic E-state index is -0.471. The summed E-state index contributed by atoms with van der Waals surface area (Å²) in [4.78, 5) is 23.7. The minimum absolute atomic E-state index is 0.0722. The third-order valence-electron chi connectivity index (χ3n) is 3.69. The molecule has 0 atom stereocenters. The smallest absolute Gasteiger partial charge is 0.337 e. The topological polar surface area (TPSA) is 104 Å². The van der Waals surface area contributed by atoms with Gasteiger partial charge in [-0.2, -0.15) is 0 Å². The van der Waals surface area contributed by atoms with Gasteiger partial charge in [-0.1, -0.05) is 30.0 Å². The highest BCUT2D eigenvalue weighted by Gasteiger charge is 2.12. The minimum Gasteiger partial charge on any atom is -0.484 e. The van der Waals surface area contributed by atoms with E-state index in [1.54, 1.807) is 24.3 Å². The van der Waals surface area contributed by atoms with Crippen LogP contribution in [-0.2, 0) is 16.1 Å². The van der Waals surface area contributed by atoms with Crippen LogP contribution in [0.15, 0.2) is 58.2 Å². The fraction of sp³-hybridized carbons (Fsp3) is 0.200. The van der Waals surface area contributed by atoms with Crippen molar-refractivity contribution in [3.05, 3.63) is 65.5 Å². The van der Waals surface area contributed by atoms with Crippen molar-refractivity contribution in [2.75, 3.05) is 18.2 Å². The van der Waals surface area contributed by atoms with Gasteiger partial charge in [-0.25, -0.2) is 4.79 Å². The first-order valence-electron chi connectivity index (χ1n) is 8.66. The first-order valence-corrected chi connectivity index (χ1v) is 9.65. The summed E-state index contributed by atoms with van der Waals surface area (Å²) in [5.41, 5.74) is 1.94. The number of thioether (sulfide) groups is 1. The SMILES string of the molecule is COC(=O)c1cccc(NC(=O)CSc2nnc(COc3cccc(C)c3)o2)c1. The quantitative estimate of drug-likeness (QED) is 0.442. The van der Waals surface area contributed by atoms with Crippen LogP contribution in [0.4, 0.5) is 5.69 Å². The summed E-state index contributed by atoms with van der Waals surface area (Å²) < 4.78 is 15.7. The molecular weight excluding hydrogens is 394 g/mol. The molecule has 1 heterocycles. The molecule has 3 aromatic rings. The van der Waals surface area contributed by atoms with Crippen LogP contribution >= 0.6 is 11.8 Å². The predicted octanol–water partition coefficient (Wildman–Crippen LogP) is 3.47. The van der Waals surface area contributed by atoms with E-state index in [1.807, 2.05) is 31.2 Å². The lowest BCUT2D eigenvalue weighted by Crippen LogP contribution is -2.14. The van der Waals surface area contributed by atoms with Crippen molar-refractivity contribution in [1.82, 2.24) is 10.2 Å². The van der Waals surface area contributed by atoms with Crippen LogP contribution in [0.5, 0.6) is 5.75 Å². The molecule has 0 bridgehead atoms. The predicted molar refractivity (Wildman–Crippen MR) is 107 cm³/mol. The molecule has 0 radical (unpaired) electrons. The molecular formula is C20H19N3O5S. The Morgan fingerprint density at radius 3 is 2.76 bits per heavy atom. The summed E-state index contributed by atoms with van der Waals surface area (Å²) >= 11 is 1.11. The number of carbonyl (C=O) groups is 2. The lowest BCUT2D eigenvalue weighted by Gasteiger charge is -2.06. The van der Waals surface area contributed by atoms with Crippen LogP contribution in [0.2, 0.25) is 0 Å². The van der Waals surface area contributed by atoms with Gasteiger partial charge in [0.05, 0.1) is 18.4 Å². The lowest BCUT2D eigenvalue weighted by molar-refractivity contribution is -0.113. The van der Waals surface area contributed by atoms with Gasteiger partial charge in [0.1, 0.15) is 5.75 Å². The average molecular weight is 413 g/mol. The Balaban J connectivity index is 1.48. The van der Waals surface area contributed by atoms with Crippen molar-refractivity contribution in [3.8, 4) is 5.75 Å². The summed E-state index contributed by atoms with van der Waals surface area (Å²) in [6, 6.07) is 14.1. The average Bonchev–Trinajstić information content (AvgIpc) is 3.18. The van der Waals surface area contributed by atoms with E-state index in [2.05, 4.69) is 20.3 Å². The zero-order valence-corrected chi connectivity index (χ0v) is 16.7. The summed E-state index contributed by atoms with van der Waals surface area (Å²) in [6.45, 7) is 2.12. The molecule has 0 spiro atoms. The summed E-state index contributed by atoms with van der Waals surface area (Å²) in [7, 11) is 1.30. The van der Waals surface area contributed by atoms with Crippen LogP contribution < -0.4 is 10.1 Å². The zero-order chi connectivity index (χ0) is 20.6. The van der Waals surface area contributed by atoms with Crippen molar-refractivity contribution in [2.45, 2.75) is 18.8 Å². The molecule has 9 heteroatoms. The molecule has 3 rings (SSSR count). The molecule has 0 saturated heterocycles. The van der Waals surface area contributed by atoms with Crippen LogP contribution in [0, 0.1) is 6.92 Å². The Hall–Kier alpha value is -3.33. The van der Waals surface area contributed by atoms with E-state index in [0.717, 1.165) is 17.3 Å². The number of aromatic nitrogens is 2. The maximum Gasteiger partial charge on any atom is 0.337 e. The summed E-state index contributed by atoms with van der Waals surface area (Å²) in [5, 5.41) is 10.8. The second-order valence-electron chi connectivity index (χ2n) is 5.98. The number of benzene rings is 2. The third kappa shape index (κ3) is 6.08. The molecule has 8 nitrogen and oxygen atoms in total. The van der Waals surface area contributed by atoms with Gasteiger partial charge < -0.3 is 19.2 Å². The molecule has 0 aliphatic carbocycles. The van der Waals surface area contributed by atoms with E-state index in [0.29, 0.717) is 22.9 Å². The highest BCUT2D eigenvalue weighted by molar-refractivity contribution is 7.99. The number of carbonyl (C=O) groups excluding carboxylic acids is 2. The largest absolute Gasteiger partial charge is 0.484 e. The van der Waals surface area contributed by atoms with Crippen molar-refractivity contribution in [2.24, 2.45) is 0 Å². The molecule has 1 amide bonds. The van der Waals surface area contributed by atoms with E-state index in [-0.39, 0.29) is 23.5 Å². The van der Waals surface area contributed by atoms with Crippen molar-refractivity contribution in [1.29, 1.82) is 0 Å². The zero-order valence-electron chi connectivity index (χ0n) is 15.9. The molecule has 0 saturated carbocycles. The van der Waals surface area contributed by atoms with Crippen LogP contribution in [-0.4, -0.2) is 34.9 Å². The Kier molecular flexibility index (Phi) is 6.85. The van der Waals surface area contributed by atoms with Gasteiger partial charge in [0.25, 0.3) is 11.1 Å².